The van der Waals surface area contributed by atoms with E-state index in [1.165, 1.54) is 0 Å². The third-order valence-electron chi connectivity index (χ3n) is 4.61. The third kappa shape index (κ3) is 5.23. The lowest BCUT2D eigenvalue weighted by molar-refractivity contribution is 0.272. The second-order valence-corrected chi connectivity index (χ2v) is 12.7. The number of hydrogen-bond acceptors (Lipinski definition) is 5. The highest BCUT2D eigenvalue weighted by atomic mass is 35.5. The van der Waals surface area contributed by atoms with Crippen LogP contribution in [-0.4, -0.2) is 23.3 Å². The van der Waals surface area contributed by atoms with Crippen molar-refractivity contribution >= 4 is 31.6 Å². The maximum absolute atomic E-state index is 6.27. The second kappa shape index (κ2) is 7.80. The summed E-state index contributed by atoms with van der Waals surface area (Å²) in [6.45, 7) is 13.7. The zero-order valence-electron chi connectivity index (χ0n) is 15.9. The Morgan fingerprint density at radius 3 is 2.52 bits per heavy atom. The summed E-state index contributed by atoms with van der Waals surface area (Å²) in [4.78, 5) is 13.2. The van der Waals surface area contributed by atoms with Gasteiger partial charge in [0.1, 0.15) is 17.5 Å². The SMILES string of the molecule is Cc1ccc(CO[Si](C)(C)C(C)(C)C)nc1Nc1ccnc(CCl)n1. The number of hydrogen-bond donors (Lipinski definition) is 1. The number of pyridine rings is 1. The van der Waals surface area contributed by atoms with Gasteiger partial charge in [0.05, 0.1) is 18.2 Å². The number of halogens is 1. The van der Waals surface area contributed by atoms with Crippen molar-refractivity contribution in [3.8, 4) is 0 Å². The average molecular weight is 379 g/mol. The molecule has 0 atom stereocenters. The summed E-state index contributed by atoms with van der Waals surface area (Å²) >= 11 is 5.80. The summed E-state index contributed by atoms with van der Waals surface area (Å²) in [5.41, 5.74) is 1.95. The molecule has 0 fully saturated rings. The Hall–Kier alpha value is -1.50. The molecule has 5 nitrogen and oxygen atoms in total. The quantitative estimate of drug-likeness (QED) is 0.554. The molecule has 0 spiro atoms. The minimum atomic E-state index is -1.80. The lowest BCUT2D eigenvalue weighted by Crippen LogP contribution is -2.40. The van der Waals surface area contributed by atoms with Crippen molar-refractivity contribution in [1.29, 1.82) is 0 Å². The fraction of sp³-hybridized carbons (Fsp3) is 0.500. The van der Waals surface area contributed by atoms with E-state index < -0.39 is 8.32 Å². The van der Waals surface area contributed by atoms with Crippen LogP contribution < -0.4 is 5.32 Å². The Morgan fingerprint density at radius 2 is 1.88 bits per heavy atom. The van der Waals surface area contributed by atoms with Crippen LogP contribution in [0, 0.1) is 6.92 Å². The van der Waals surface area contributed by atoms with Gasteiger partial charge in [-0.1, -0.05) is 26.8 Å². The van der Waals surface area contributed by atoms with Crippen LogP contribution in [-0.2, 0) is 16.9 Å². The van der Waals surface area contributed by atoms with Gasteiger partial charge < -0.3 is 9.74 Å². The number of aryl methyl sites for hydroxylation is 1. The molecule has 0 unspecified atom stereocenters. The fourth-order valence-electron chi connectivity index (χ4n) is 1.90. The van der Waals surface area contributed by atoms with Gasteiger partial charge in [0.25, 0.3) is 0 Å². The molecule has 2 rings (SSSR count). The van der Waals surface area contributed by atoms with E-state index in [2.05, 4.69) is 49.1 Å². The van der Waals surface area contributed by atoms with Gasteiger partial charge in [-0.15, -0.1) is 11.6 Å². The Labute approximate surface area is 156 Å². The van der Waals surface area contributed by atoms with Gasteiger partial charge in [0, 0.05) is 6.20 Å². The molecule has 0 saturated carbocycles. The minimum Gasteiger partial charge on any atom is -0.411 e. The van der Waals surface area contributed by atoms with E-state index in [9.17, 15) is 0 Å². The third-order valence-corrected chi connectivity index (χ3v) is 9.33. The molecule has 0 aliphatic carbocycles. The summed E-state index contributed by atoms with van der Waals surface area (Å²) in [5, 5.41) is 3.43. The molecule has 7 heteroatoms. The predicted molar refractivity (Wildman–Crippen MR) is 106 cm³/mol. The van der Waals surface area contributed by atoms with Crippen molar-refractivity contribution in [3.05, 3.63) is 41.5 Å². The van der Waals surface area contributed by atoms with E-state index in [1.807, 2.05) is 19.1 Å². The summed E-state index contributed by atoms with van der Waals surface area (Å²) < 4.78 is 6.27. The van der Waals surface area contributed by atoms with Crippen molar-refractivity contribution in [1.82, 2.24) is 15.0 Å². The van der Waals surface area contributed by atoms with E-state index in [0.717, 1.165) is 17.1 Å². The zero-order chi connectivity index (χ0) is 18.7. The molecule has 0 saturated heterocycles. The molecule has 0 amide bonds. The second-order valence-electron chi connectivity index (χ2n) is 7.63. The van der Waals surface area contributed by atoms with Crippen molar-refractivity contribution < 1.29 is 4.43 Å². The fourth-order valence-corrected chi connectivity index (χ4v) is 2.97. The predicted octanol–water partition coefficient (Wildman–Crippen LogP) is 5.18. The number of anilines is 2. The van der Waals surface area contributed by atoms with Gasteiger partial charge in [-0.25, -0.2) is 15.0 Å². The Kier molecular flexibility index (Phi) is 6.19. The van der Waals surface area contributed by atoms with Gasteiger partial charge >= 0.3 is 0 Å². The molecule has 1 N–H and O–H groups in total. The molecular formula is C18H27ClN4OSi. The van der Waals surface area contributed by atoms with Gasteiger partial charge in [-0.2, -0.15) is 0 Å². The summed E-state index contributed by atoms with van der Waals surface area (Å²) in [6, 6.07) is 5.86. The normalized spacial score (nSPS) is 12.3. The molecule has 2 heterocycles. The molecule has 0 bridgehead atoms. The summed E-state index contributed by atoms with van der Waals surface area (Å²) in [5.74, 6) is 2.32. The first-order valence-electron chi connectivity index (χ1n) is 8.38. The van der Waals surface area contributed by atoms with E-state index >= 15 is 0 Å². The van der Waals surface area contributed by atoms with Crippen LogP contribution in [0.5, 0.6) is 0 Å². The maximum atomic E-state index is 6.27. The number of rotatable bonds is 6. The van der Waals surface area contributed by atoms with Crippen LogP contribution in [0.25, 0.3) is 0 Å². The lowest BCUT2D eigenvalue weighted by atomic mass is 10.2. The van der Waals surface area contributed by atoms with E-state index in [4.69, 9.17) is 21.0 Å². The standard InChI is InChI=1S/C18H27ClN4OSi/c1-13-7-8-14(12-24-25(5,6)18(2,3)4)21-17(13)23-15-9-10-20-16(11-19)22-15/h7-10H,11-12H2,1-6H3,(H,20,21,22,23). The first-order valence-corrected chi connectivity index (χ1v) is 11.8. The van der Waals surface area contributed by atoms with Gasteiger partial charge in [0.2, 0.25) is 0 Å². The topological polar surface area (TPSA) is 59.9 Å². The van der Waals surface area contributed by atoms with Crippen molar-refractivity contribution in [2.75, 3.05) is 5.32 Å². The zero-order valence-corrected chi connectivity index (χ0v) is 17.6. The number of nitrogens with zero attached hydrogens (tertiary/aromatic N) is 3. The smallest absolute Gasteiger partial charge is 0.192 e. The largest absolute Gasteiger partial charge is 0.411 e. The van der Waals surface area contributed by atoms with Crippen LogP contribution in [0.4, 0.5) is 11.6 Å². The van der Waals surface area contributed by atoms with Crippen LogP contribution >= 0.6 is 11.6 Å². The molecule has 2 aromatic rings. The summed E-state index contributed by atoms with van der Waals surface area (Å²) in [6.07, 6.45) is 1.69. The molecule has 0 radical (unpaired) electrons. The van der Waals surface area contributed by atoms with Gasteiger partial charge in [-0.05, 0) is 42.8 Å². The van der Waals surface area contributed by atoms with Crippen molar-refractivity contribution in [2.45, 2.75) is 58.3 Å². The molecule has 2 aromatic heterocycles. The average Bonchev–Trinajstić information content (AvgIpc) is 2.55. The van der Waals surface area contributed by atoms with E-state index in [0.29, 0.717) is 18.2 Å². The lowest BCUT2D eigenvalue weighted by Gasteiger charge is -2.36. The maximum Gasteiger partial charge on any atom is 0.192 e. The Balaban J connectivity index is 2.14. The van der Waals surface area contributed by atoms with Gasteiger partial charge in [0.15, 0.2) is 8.32 Å². The van der Waals surface area contributed by atoms with Crippen LogP contribution in [0.15, 0.2) is 24.4 Å². The van der Waals surface area contributed by atoms with E-state index in [-0.39, 0.29) is 10.9 Å². The highest BCUT2D eigenvalue weighted by Gasteiger charge is 2.37. The van der Waals surface area contributed by atoms with Crippen LogP contribution in [0.1, 0.15) is 37.9 Å². The molecule has 25 heavy (non-hydrogen) atoms. The highest BCUT2D eigenvalue weighted by molar-refractivity contribution is 6.74. The van der Waals surface area contributed by atoms with Crippen LogP contribution in [0.2, 0.25) is 18.1 Å². The first-order chi connectivity index (χ1) is 11.6. The Morgan fingerprint density at radius 1 is 1.16 bits per heavy atom. The number of nitrogens with one attached hydrogen (secondary N) is 1. The monoisotopic (exact) mass is 378 g/mol. The molecule has 0 aliphatic rings. The molecule has 0 aromatic carbocycles. The molecule has 136 valence electrons. The molecular weight excluding hydrogens is 352 g/mol. The molecule has 0 aliphatic heterocycles. The van der Waals surface area contributed by atoms with Crippen molar-refractivity contribution in [3.63, 3.8) is 0 Å². The van der Waals surface area contributed by atoms with Crippen molar-refractivity contribution in [2.24, 2.45) is 0 Å². The number of alkyl halides is 1. The van der Waals surface area contributed by atoms with Crippen LogP contribution in [0.3, 0.4) is 0 Å². The first kappa shape index (κ1) is 19.8. The van der Waals surface area contributed by atoms with Gasteiger partial charge in [-0.3, -0.25) is 0 Å². The minimum absolute atomic E-state index is 0.178. The van der Waals surface area contributed by atoms with E-state index in [1.54, 1.807) is 12.3 Å². The summed E-state index contributed by atoms with van der Waals surface area (Å²) in [7, 11) is -1.80. The number of aromatic nitrogens is 3. The Bertz CT molecular complexity index is 731. The highest BCUT2D eigenvalue weighted by Crippen LogP contribution is 2.37.